The van der Waals surface area contributed by atoms with E-state index in [9.17, 15) is 9.18 Å². The Bertz CT molecular complexity index is 897. The Kier molecular flexibility index (Phi) is 5.09. The fourth-order valence-electron chi connectivity index (χ4n) is 2.35. The molecule has 0 aliphatic heterocycles. The number of anilines is 1. The van der Waals surface area contributed by atoms with Gasteiger partial charge in [0.05, 0.1) is 16.3 Å². The Morgan fingerprint density at radius 1 is 1.20 bits per heavy atom. The first-order valence-electron chi connectivity index (χ1n) is 7.65. The highest BCUT2D eigenvalue weighted by Crippen LogP contribution is 2.25. The van der Waals surface area contributed by atoms with Crippen LogP contribution >= 0.6 is 11.6 Å². The minimum Gasteiger partial charge on any atom is -0.339 e. The van der Waals surface area contributed by atoms with Crippen LogP contribution in [0.5, 0.6) is 0 Å². The van der Waals surface area contributed by atoms with Crippen LogP contribution in [0.25, 0.3) is 11.4 Å². The van der Waals surface area contributed by atoms with Crippen molar-refractivity contribution in [3.63, 3.8) is 0 Å². The van der Waals surface area contributed by atoms with Crippen LogP contribution in [-0.4, -0.2) is 23.1 Å². The van der Waals surface area contributed by atoms with Crippen molar-refractivity contribution in [1.29, 1.82) is 0 Å². The molecule has 0 bridgehead atoms. The van der Waals surface area contributed by atoms with E-state index in [-0.39, 0.29) is 36.0 Å². The van der Waals surface area contributed by atoms with Gasteiger partial charge in [-0.25, -0.2) is 4.39 Å². The zero-order valence-corrected chi connectivity index (χ0v) is 14.2. The summed E-state index contributed by atoms with van der Waals surface area (Å²) >= 11 is 6.10. The van der Waals surface area contributed by atoms with E-state index < -0.39 is 5.82 Å². The second-order valence-electron chi connectivity index (χ2n) is 5.40. The molecule has 1 heterocycles. The fraction of sp³-hybridized carbons (Fsp3) is 0.167. The average Bonchev–Trinajstić information content (AvgIpc) is 3.08. The van der Waals surface area contributed by atoms with E-state index in [0.717, 1.165) is 0 Å². The van der Waals surface area contributed by atoms with E-state index >= 15 is 0 Å². The van der Waals surface area contributed by atoms with E-state index in [2.05, 4.69) is 10.1 Å². The molecule has 7 heteroatoms. The van der Waals surface area contributed by atoms with Crippen molar-refractivity contribution in [2.45, 2.75) is 12.8 Å². The van der Waals surface area contributed by atoms with Gasteiger partial charge >= 0.3 is 0 Å². The van der Waals surface area contributed by atoms with Gasteiger partial charge in [0, 0.05) is 19.9 Å². The van der Waals surface area contributed by atoms with E-state index in [1.807, 2.05) is 6.07 Å². The van der Waals surface area contributed by atoms with E-state index in [1.165, 1.54) is 11.0 Å². The largest absolute Gasteiger partial charge is 0.339 e. The highest BCUT2D eigenvalue weighted by molar-refractivity contribution is 6.33. The van der Waals surface area contributed by atoms with Gasteiger partial charge in [0.1, 0.15) is 5.82 Å². The standard InChI is InChI=1S/C18H15ClFN3O2/c1-23(15-9-5-3-7-13(15)19)17(24)11-10-16-21-18(22-25-16)12-6-2-4-8-14(12)20/h2-9H,10-11H2,1H3. The summed E-state index contributed by atoms with van der Waals surface area (Å²) in [6, 6.07) is 13.3. The molecule has 1 aromatic heterocycles. The van der Waals surface area contributed by atoms with Crippen LogP contribution in [0.3, 0.4) is 0 Å². The summed E-state index contributed by atoms with van der Waals surface area (Å²) in [6.45, 7) is 0. The topological polar surface area (TPSA) is 59.2 Å². The molecule has 0 aliphatic rings. The van der Waals surface area contributed by atoms with Gasteiger partial charge in [-0.2, -0.15) is 4.98 Å². The zero-order valence-electron chi connectivity index (χ0n) is 13.4. The number of hydrogen-bond donors (Lipinski definition) is 0. The SMILES string of the molecule is CN(C(=O)CCc1nc(-c2ccccc2F)no1)c1ccccc1Cl. The number of amides is 1. The monoisotopic (exact) mass is 359 g/mol. The van der Waals surface area contributed by atoms with Crippen molar-refractivity contribution < 1.29 is 13.7 Å². The third-order valence-electron chi connectivity index (χ3n) is 3.72. The summed E-state index contributed by atoms with van der Waals surface area (Å²) in [5.74, 6) is -0.123. The molecule has 0 atom stereocenters. The Balaban J connectivity index is 1.65. The minimum atomic E-state index is -0.427. The number of halogens is 2. The zero-order chi connectivity index (χ0) is 17.8. The second kappa shape index (κ2) is 7.44. The van der Waals surface area contributed by atoms with Gasteiger partial charge in [-0.05, 0) is 24.3 Å². The maximum atomic E-state index is 13.7. The lowest BCUT2D eigenvalue weighted by atomic mass is 10.2. The van der Waals surface area contributed by atoms with Crippen LogP contribution in [0.2, 0.25) is 5.02 Å². The van der Waals surface area contributed by atoms with Crippen LogP contribution < -0.4 is 4.90 Å². The van der Waals surface area contributed by atoms with Crippen molar-refractivity contribution >= 4 is 23.2 Å². The molecular weight excluding hydrogens is 345 g/mol. The third-order valence-corrected chi connectivity index (χ3v) is 4.04. The molecule has 0 unspecified atom stereocenters. The first-order chi connectivity index (χ1) is 12.1. The van der Waals surface area contributed by atoms with Crippen molar-refractivity contribution in [2.75, 3.05) is 11.9 Å². The van der Waals surface area contributed by atoms with Gasteiger partial charge < -0.3 is 9.42 Å². The highest BCUT2D eigenvalue weighted by Gasteiger charge is 2.17. The van der Waals surface area contributed by atoms with E-state index in [0.29, 0.717) is 10.7 Å². The predicted molar refractivity (Wildman–Crippen MR) is 92.9 cm³/mol. The van der Waals surface area contributed by atoms with Crippen LogP contribution in [0.4, 0.5) is 10.1 Å². The lowest BCUT2D eigenvalue weighted by Gasteiger charge is -2.18. The Morgan fingerprint density at radius 3 is 2.68 bits per heavy atom. The van der Waals surface area contributed by atoms with Gasteiger partial charge in [0.2, 0.25) is 17.6 Å². The molecule has 0 spiro atoms. The summed E-state index contributed by atoms with van der Waals surface area (Å²) in [6.07, 6.45) is 0.426. The molecule has 5 nitrogen and oxygen atoms in total. The third kappa shape index (κ3) is 3.85. The molecule has 2 aromatic carbocycles. The second-order valence-corrected chi connectivity index (χ2v) is 5.80. The number of carbonyl (C=O) groups excluding carboxylic acids is 1. The van der Waals surface area contributed by atoms with Crippen molar-refractivity contribution in [3.05, 3.63) is 65.3 Å². The Hall–Kier alpha value is -2.73. The quantitative estimate of drug-likeness (QED) is 0.687. The summed E-state index contributed by atoms with van der Waals surface area (Å²) in [7, 11) is 1.65. The average molecular weight is 360 g/mol. The maximum absolute atomic E-state index is 13.7. The van der Waals surface area contributed by atoms with Gasteiger partial charge in [0.15, 0.2) is 0 Å². The first-order valence-corrected chi connectivity index (χ1v) is 8.02. The minimum absolute atomic E-state index is 0.140. The normalized spacial score (nSPS) is 10.7. The van der Waals surface area contributed by atoms with E-state index in [1.54, 1.807) is 43.4 Å². The summed E-state index contributed by atoms with van der Waals surface area (Å²) in [4.78, 5) is 17.9. The molecule has 3 aromatic rings. The van der Waals surface area contributed by atoms with E-state index in [4.69, 9.17) is 16.1 Å². The summed E-state index contributed by atoms with van der Waals surface area (Å²) in [5, 5.41) is 4.27. The Labute approximate surface area is 149 Å². The van der Waals surface area contributed by atoms with Crippen LogP contribution in [0.1, 0.15) is 12.3 Å². The molecule has 0 N–H and O–H groups in total. The Morgan fingerprint density at radius 2 is 1.92 bits per heavy atom. The van der Waals surface area contributed by atoms with Crippen molar-refractivity contribution in [3.8, 4) is 11.4 Å². The molecule has 25 heavy (non-hydrogen) atoms. The van der Waals surface area contributed by atoms with Crippen molar-refractivity contribution in [2.24, 2.45) is 0 Å². The molecule has 128 valence electrons. The van der Waals surface area contributed by atoms with Gasteiger partial charge in [-0.15, -0.1) is 0 Å². The van der Waals surface area contributed by atoms with Gasteiger partial charge in [-0.3, -0.25) is 4.79 Å². The smallest absolute Gasteiger partial charge is 0.227 e. The predicted octanol–water partition coefficient (Wildman–Crippen LogP) is 4.12. The number of aryl methyl sites for hydroxylation is 1. The molecule has 3 rings (SSSR count). The lowest BCUT2D eigenvalue weighted by molar-refractivity contribution is -0.118. The fourth-order valence-corrected chi connectivity index (χ4v) is 2.61. The lowest BCUT2D eigenvalue weighted by Crippen LogP contribution is -2.26. The number of carbonyl (C=O) groups is 1. The summed E-state index contributed by atoms with van der Waals surface area (Å²) < 4.78 is 18.8. The number of nitrogens with zero attached hydrogens (tertiary/aromatic N) is 3. The molecule has 0 fully saturated rings. The molecule has 0 radical (unpaired) electrons. The van der Waals surface area contributed by atoms with Crippen LogP contribution in [0, 0.1) is 5.82 Å². The van der Waals surface area contributed by atoms with Crippen LogP contribution in [0.15, 0.2) is 53.1 Å². The summed E-state index contributed by atoms with van der Waals surface area (Å²) in [5.41, 5.74) is 0.892. The first kappa shape index (κ1) is 17.1. The van der Waals surface area contributed by atoms with Crippen molar-refractivity contribution in [1.82, 2.24) is 10.1 Å². The molecular formula is C18H15ClFN3O2. The number of para-hydroxylation sites is 1. The number of hydrogen-bond acceptors (Lipinski definition) is 4. The number of rotatable bonds is 5. The highest BCUT2D eigenvalue weighted by atomic mass is 35.5. The maximum Gasteiger partial charge on any atom is 0.227 e. The van der Waals surface area contributed by atoms with Gasteiger partial charge in [-0.1, -0.05) is 41.0 Å². The number of benzene rings is 2. The molecule has 0 aliphatic carbocycles. The van der Waals surface area contributed by atoms with Crippen LogP contribution in [-0.2, 0) is 11.2 Å². The van der Waals surface area contributed by atoms with Gasteiger partial charge in [0.25, 0.3) is 0 Å². The molecule has 0 saturated carbocycles. The number of aromatic nitrogens is 2. The molecule has 1 amide bonds. The molecule has 0 saturated heterocycles.